The minimum atomic E-state index is 0.728. The zero-order valence-electron chi connectivity index (χ0n) is 10.7. The van der Waals surface area contributed by atoms with Gasteiger partial charge >= 0.3 is 0 Å². The van der Waals surface area contributed by atoms with Crippen molar-refractivity contribution in [1.29, 1.82) is 0 Å². The van der Waals surface area contributed by atoms with Gasteiger partial charge in [0, 0.05) is 45.0 Å². The molecule has 1 saturated heterocycles. The normalized spacial score (nSPS) is 19.6. The van der Waals surface area contributed by atoms with E-state index in [2.05, 4.69) is 47.4 Å². The molecule has 0 saturated carbocycles. The van der Waals surface area contributed by atoms with Crippen molar-refractivity contribution in [3.63, 3.8) is 0 Å². The maximum Gasteiger partial charge on any atom is 0.0397 e. The van der Waals surface area contributed by atoms with Gasteiger partial charge in [-0.3, -0.25) is 4.90 Å². The van der Waals surface area contributed by atoms with Crippen molar-refractivity contribution in [2.45, 2.75) is 19.0 Å². The highest BCUT2D eigenvalue weighted by Gasteiger charge is 2.22. The second-order valence-corrected chi connectivity index (χ2v) is 5.36. The molecule has 17 heavy (non-hydrogen) atoms. The predicted molar refractivity (Wildman–Crippen MR) is 71.5 cm³/mol. The summed E-state index contributed by atoms with van der Waals surface area (Å²) in [6.45, 7) is 4.53. The summed E-state index contributed by atoms with van der Waals surface area (Å²) in [5, 5.41) is 3.33. The molecule has 2 aliphatic rings. The summed E-state index contributed by atoms with van der Waals surface area (Å²) in [7, 11) is 4.41. The monoisotopic (exact) mass is 231 g/mol. The van der Waals surface area contributed by atoms with E-state index in [9.17, 15) is 0 Å². The van der Waals surface area contributed by atoms with Crippen LogP contribution in [0, 0.1) is 0 Å². The molecule has 3 heteroatoms. The molecule has 0 radical (unpaired) electrons. The zero-order chi connectivity index (χ0) is 11.8. The lowest BCUT2D eigenvalue weighted by molar-refractivity contribution is 0.173. The molecule has 92 valence electrons. The van der Waals surface area contributed by atoms with Crippen molar-refractivity contribution in [3.8, 4) is 0 Å². The molecule has 1 fully saturated rings. The summed E-state index contributed by atoms with van der Waals surface area (Å²) < 4.78 is 0. The highest BCUT2D eigenvalue weighted by atomic mass is 15.2. The van der Waals surface area contributed by atoms with E-state index in [0.717, 1.165) is 25.7 Å². The van der Waals surface area contributed by atoms with Gasteiger partial charge in [0.1, 0.15) is 0 Å². The number of nitrogens with zero attached hydrogens (tertiary/aromatic N) is 2. The van der Waals surface area contributed by atoms with E-state index in [1.54, 1.807) is 0 Å². The Bertz CT molecular complexity index is 412. The van der Waals surface area contributed by atoms with Crippen LogP contribution in [0.2, 0.25) is 0 Å². The topological polar surface area (TPSA) is 18.5 Å². The standard InChI is InChI=1S/C14H21N3/c1-16-6-5-12-7-11(3-4-14(12)16)10-17(2)13-8-15-9-13/h3-4,7,13,15H,5-6,8-10H2,1-2H3. The molecule has 2 heterocycles. The molecule has 3 rings (SSSR count). The van der Waals surface area contributed by atoms with Crippen LogP contribution in [0.15, 0.2) is 18.2 Å². The van der Waals surface area contributed by atoms with Crippen molar-refractivity contribution in [1.82, 2.24) is 10.2 Å². The van der Waals surface area contributed by atoms with Crippen LogP contribution in [0.4, 0.5) is 5.69 Å². The van der Waals surface area contributed by atoms with E-state index in [0.29, 0.717) is 0 Å². The summed E-state index contributed by atoms with van der Waals surface area (Å²) in [4.78, 5) is 4.80. The van der Waals surface area contributed by atoms with E-state index in [1.807, 2.05) is 0 Å². The van der Waals surface area contributed by atoms with Crippen LogP contribution in [0.3, 0.4) is 0 Å². The quantitative estimate of drug-likeness (QED) is 0.840. The van der Waals surface area contributed by atoms with Crippen LogP contribution >= 0.6 is 0 Å². The maximum atomic E-state index is 3.33. The molecule has 0 spiro atoms. The molecular weight excluding hydrogens is 210 g/mol. The average Bonchev–Trinajstić information content (AvgIpc) is 2.57. The number of nitrogens with one attached hydrogen (secondary N) is 1. The van der Waals surface area contributed by atoms with Crippen LogP contribution in [-0.4, -0.2) is 44.7 Å². The van der Waals surface area contributed by atoms with Gasteiger partial charge in [0.25, 0.3) is 0 Å². The Labute approximate surface area is 103 Å². The summed E-state index contributed by atoms with van der Waals surface area (Å²) >= 11 is 0. The first-order valence-electron chi connectivity index (χ1n) is 6.48. The van der Waals surface area contributed by atoms with Gasteiger partial charge in [-0.05, 0) is 30.7 Å². The maximum absolute atomic E-state index is 3.33. The Hall–Kier alpha value is -1.06. The van der Waals surface area contributed by atoms with Gasteiger partial charge in [0.2, 0.25) is 0 Å². The molecule has 2 aliphatic heterocycles. The highest BCUT2D eigenvalue weighted by molar-refractivity contribution is 5.58. The fourth-order valence-corrected chi connectivity index (χ4v) is 2.72. The number of anilines is 1. The molecular formula is C14H21N3. The predicted octanol–water partition coefficient (Wildman–Crippen LogP) is 1.08. The third kappa shape index (κ3) is 2.05. The lowest BCUT2D eigenvalue weighted by atomic mass is 10.1. The smallest absolute Gasteiger partial charge is 0.0397 e. The average molecular weight is 231 g/mol. The molecule has 0 aromatic heterocycles. The van der Waals surface area contributed by atoms with Gasteiger partial charge in [0.05, 0.1) is 0 Å². The van der Waals surface area contributed by atoms with E-state index < -0.39 is 0 Å². The van der Waals surface area contributed by atoms with Crippen LogP contribution < -0.4 is 10.2 Å². The number of fused-ring (bicyclic) bond motifs is 1. The molecule has 0 atom stereocenters. The lowest BCUT2D eigenvalue weighted by Gasteiger charge is -2.35. The van der Waals surface area contributed by atoms with Gasteiger partial charge in [-0.2, -0.15) is 0 Å². The molecule has 3 nitrogen and oxygen atoms in total. The fourth-order valence-electron chi connectivity index (χ4n) is 2.72. The second-order valence-electron chi connectivity index (χ2n) is 5.36. The molecule has 0 unspecified atom stereocenters. The number of likely N-dealkylation sites (N-methyl/N-ethyl adjacent to an activating group) is 2. The van der Waals surface area contributed by atoms with Crippen molar-refractivity contribution >= 4 is 5.69 Å². The molecule has 0 aliphatic carbocycles. The first-order valence-corrected chi connectivity index (χ1v) is 6.48. The summed E-state index contributed by atoms with van der Waals surface area (Å²) in [6, 6.07) is 7.68. The molecule has 1 aromatic carbocycles. The van der Waals surface area contributed by atoms with E-state index in [1.165, 1.54) is 29.8 Å². The second kappa shape index (κ2) is 4.31. The Morgan fingerprint density at radius 1 is 1.41 bits per heavy atom. The first-order chi connectivity index (χ1) is 8.24. The van der Waals surface area contributed by atoms with Crippen molar-refractivity contribution in [2.24, 2.45) is 0 Å². The minimum absolute atomic E-state index is 0.728. The number of rotatable bonds is 3. The van der Waals surface area contributed by atoms with Gasteiger partial charge < -0.3 is 10.2 Å². The lowest BCUT2D eigenvalue weighted by Crippen LogP contribution is -2.55. The first kappa shape index (κ1) is 11.1. The van der Waals surface area contributed by atoms with E-state index in [4.69, 9.17) is 0 Å². The Balaban J connectivity index is 1.71. The van der Waals surface area contributed by atoms with Gasteiger partial charge in [-0.25, -0.2) is 0 Å². The van der Waals surface area contributed by atoms with Crippen LogP contribution in [0.5, 0.6) is 0 Å². The summed E-state index contributed by atoms with van der Waals surface area (Å²) in [6.07, 6.45) is 1.20. The van der Waals surface area contributed by atoms with Crippen LogP contribution in [0.1, 0.15) is 11.1 Å². The molecule has 1 N–H and O–H groups in total. The van der Waals surface area contributed by atoms with E-state index >= 15 is 0 Å². The van der Waals surface area contributed by atoms with Gasteiger partial charge in [-0.15, -0.1) is 0 Å². The Kier molecular flexibility index (Phi) is 2.81. The number of hydrogen-bond donors (Lipinski definition) is 1. The van der Waals surface area contributed by atoms with Crippen LogP contribution in [0.25, 0.3) is 0 Å². The molecule has 0 bridgehead atoms. The van der Waals surface area contributed by atoms with Gasteiger partial charge in [-0.1, -0.05) is 12.1 Å². The summed E-state index contributed by atoms with van der Waals surface area (Å²) in [5.74, 6) is 0. The van der Waals surface area contributed by atoms with E-state index in [-0.39, 0.29) is 0 Å². The number of hydrogen-bond acceptors (Lipinski definition) is 3. The fraction of sp³-hybridized carbons (Fsp3) is 0.571. The third-order valence-electron chi connectivity index (χ3n) is 4.09. The highest BCUT2D eigenvalue weighted by Crippen LogP contribution is 2.27. The van der Waals surface area contributed by atoms with Gasteiger partial charge in [0.15, 0.2) is 0 Å². The summed E-state index contributed by atoms with van der Waals surface area (Å²) in [5.41, 5.74) is 4.39. The minimum Gasteiger partial charge on any atom is -0.374 e. The SMILES string of the molecule is CN1CCc2cc(CN(C)C3CNC3)ccc21. The van der Waals surface area contributed by atoms with Crippen LogP contribution in [-0.2, 0) is 13.0 Å². The largest absolute Gasteiger partial charge is 0.374 e. The third-order valence-corrected chi connectivity index (χ3v) is 4.09. The zero-order valence-corrected chi connectivity index (χ0v) is 10.7. The van der Waals surface area contributed by atoms with Crippen molar-refractivity contribution < 1.29 is 0 Å². The molecule has 0 amide bonds. The number of benzene rings is 1. The Morgan fingerprint density at radius 2 is 2.24 bits per heavy atom. The van der Waals surface area contributed by atoms with Crippen molar-refractivity contribution in [2.75, 3.05) is 38.6 Å². The molecule has 1 aromatic rings. The van der Waals surface area contributed by atoms with Crippen molar-refractivity contribution in [3.05, 3.63) is 29.3 Å². The Morgan fingerprint density at radius 3 is 2.94 bits per heavy atom.